The van der Waals surface area contributed by atoms with E-state index in [1.807, 2.05) is 25.1 Å². The highest BCUT2D eigenvalue weighted by molar-refractivity contribution is 7.89. The molecule has 1 aromatic rings. The number of pyridine rings is 1. The van der Waals surface area contributed by atoms with Crippen molar-refractivity contribution >= 4 is 10.0 Å². The van der Waals surface area contributed by atoms with E-state index < -0.39 is 10.0 Å². The first-order valence-corrected chi connectivity index (χ1v) is 6.63. The van der Waals surface area contributed by atoms with Crippen LogP contribution in [0.15, 0.2) is 18.2 Å². The zero-order valence-electron chi connectivity index (χ0n) is 9.55. The van der Waals surface area contributed by atoms with Crippen LogP contribution in [0.1, 0.15) is 11.4 Å². The maximum atomic E-state index is 11.6. The average Bonchev–Trinajstić information content (AvgIpc) is 2.17. The van der Waals surface area contributed by atoms with E-state index in [1.165, 1.54) is 11.4 Å². The van der Waals surface area contributed by atoms with Gasteiger partial charge in [-0.3, -0.25) is 4.98 Å². The van der Waals surface area contributed by atoms with Gasteiger partial charge in [-0.1, -0.05) is 6.07 Å². The first-order valence-electron chi connectivity index (χ1n) is 5.02. The van der Waals surface area contributed by atoms with Gasteiger partial charge < -0.3 is 5.73 Å². The van der Waals surface area contributed by atoms with E-state index in [9.17, 15) is 8.42 Å². The van der Waals surface area contributed by atoms with Crippen molar-refractivity contribution in [3.63, 3.8) is 0 Å². The topological polar surface area (TPSA) is 76.3 Å². The van der Waals surface area contributed by atoms with Crippen molar-refractivity contribution in [2.75, 3.05) is 19.3 Å². The second-order valence-corrected chi connectivity index (χ2v) is 5.83. The second kappa shape index (κ2) is 5.38. The lowest BCUT2D eigenvalue weighted by Gasteiger charge is -2.16. The highest BCUT2D eigenvalue weighted by Crippen LogP contribution is 2.05. The minimum Gasteiger partial charge on any atom is -0.329 e. The minimum atomic E-state index is -3.25. The standard InChI is InChI=1S/C10H17N3O2S/c1-9-4-3-5-10(12-9)8-13(2)16(14,15)7-6-11/h3-5H,6-8,11H2,1-2H3. The number of aryl methyl sites for hydroxylation is 1. The van der Waals surface area contributed by atoms with Crippen molar-refractivity contribution in [2.24, 2.45) is 5.73 Å². The van der Waals surface area contributed by atoms with Gasteiger partial charge in [0.15, 0.2) is 0 Å². The molecule has 1 rings (SSSR count). The molecule has 0 radical (unpaired) electrons. The van der Waals surface area contributed by atoms with Crippen LogP contribution in [-0.4, -0.2) is 37.1 Å². The Balaban J connectivity index is 2.75. The zero-order chi connectivity index (χ0) is 12.2. The molecule has 0 aliphatic carbocycles. The molecule has 0 unspecified atom stereocenters. The van der Waals surface area contributed by atoms with Crippen LogP contribution in [-0.2, 0) is 16.6 Å². The number of hydrogen-bond acceptors (Lipinski definition) is 4. The van der Waals surface area contributed by atoms with Crippen LogP contribution < -0.4 is 5.73 Å². The van der Waals surface area contributed by atoms with Crippen molar-refractivity contribution in [2.45, 2.75) is 13.5 Å². The lowest BCUT2D eigenvalue weighted by molar-refractivity contribution is 0.462. The number of nitrogens with two attached hydrogens (primary N) is 1. The molecule has 5 nitrogen and oxygen atoms in total. The molecule has 1 aromatic heterocycles. The van der Waals surface area contributed by atoms with Crippen molar-refractivity contribution < 1.29 is 8.42 Å². The summed E-state index contributed by atoms with van der Waals surface area (Å²) in [5.74, 6) is -0.0324. The van der Waals surface area contributed by atoms with Gasteiger partial charge in [0.05, 0.1) is 18.0 Å². The van der Waals surface area contributed by atoms with Gasteiger partial charge in [0.25, 0.3) is 0 Å². The van der Waals surface area contributed by atoms with Crippen LogP contribution in [0.4, 0.5) is 0 Å². The molecule has 0 saturated carbocycles. The fourth-order valence-corrected chi connectivity index (χ4v) is 2.26. The van der Waals surface area contributed by atoms with Crippen molar-refractivity contribution in [1.82, 2.24) is 9.29 Å². The van der Waals surface area contributed by atoms with E-state index in [2.05, 4.69) is 4.98 Å². The molecule has 0 fully saturated rings. The third-order valence-electron chi connectivity index (χ3n) is 2.18. The van der Waals surface area contributed by atoms with Gasteiger partial charge in [-0.05, 0) is 19.1 Å². The van der Waals surface area contributed by atoms with Gasteiger partial charge in [-0.15, -0.1) is 0 Å². The number of rotatable bonds is 5. The van der Waals surface area contributed by atoms with Gasteiger partial charge in [0, 0.05) is 19.3 Å². The van der Waals surface area contributed by atoms with Gasteiger partial charge in [-0.25, -0.2) is 8.42 Å². The smallest absolute Gasteiger partial charge is 0.215 e. The van der Waals surface area contributed by atoms with Crippen LogP contribution in [0.5, 0.6) is 0 Å². The fraction of sp³-hybridized carbons (Fsp3) is 0.500. The summed E-state index contributed by atoms with van der Waals surface area (Å²) in [5, 5.41) is 0. The molecule has 0 aromatic carbocycles. The molecule has 1 heterocycles. The molecule has 0 atom stereocenters. The normalized spacial score (nSPS) is 12.0. The highest BCUT2D eigenvalue weighted by Gasteiger charge is 2.17. The minimum absolute atomic E-state index is 0.0324. The lowest BCUT2D eigenvalue weighted by atomic mass is 10.3. The van der Waals surface area contributed by atoms with E-state index in [0.717, 1.165) is 11.4 Å². The summed E-state index contributed by atoms with van der Waals surface area (Å²) in [6.07, 6.45) is 0. The second-order valence-electron chi connectivity index (χ2n) is 3.63. The van der Waals surface area contributed by atoms with Crippen molar-refractivity contribution in [3.8, 4) is 0 Å². The molecule has 90 valence electrons. The summed E-state index contributed by atoms with van der Waals surface area (Å²) in [6, 6.07) is 5.54. The molecule has 16 heavy (non-hydrogen) atoms. The van der Waals surface area contributed by atoms with Gasteiger partial charge in [0.2, 0.25) is 10.0 Å². The first-order chi connectivity index (χ1) is 7.45. The van der Waals surface area contributed by atoms with Crippen LogP contribution in [0.3, 0.4) is 0 Å². The number of nitrogens with zero attached hydrogens (tertiary/aromatic N) is 2. The van der Waals surface area contributed by atoms with Crippen LogP contribution in [0, 0.1) is 6.92 Å². The molecule has 0 spiro atoms. The molecule has 0 aliphatic rings. The molecule has 6 heteroatoms. The molecule has 2 N–H and O–H groups in total. The predicted octanol–water partition coefficient (Wildman–Crippen LogP) is 0.110. The third kappa shape index (κ3) is 3.55. The first kappa shape index (κ1) is 13.1. The molecular weight excluding hydrogens is 226 g/mol. The highest BCUT2D eigenvalue weighted by atomic mass is 32.2. The van der Waals surface area contributed by atoms with Crippen molar-refractivity contribution in [3.05, 3.63) is 29.6 Å². The van der Waals surface area contributed by atoms with E-state index in [0.29, 0.717) is 0 Å². The van der Waals surface area contributed by atoms with Crippen LogP contribution in [0.25, 0.3) is 0 Å². The Morgan fingerprint density at radius 2 is 2.12 bits per heavy atom. The third-order valence-corrected chi connectivity index (χ3v) is 4.01. The molecule has 0 aliphatic heterocycles. The Bertz CT molecular complexity index is 445. The van der Waals surface area contributed by atoms with E-state index >= 15 is 0 Å². The maximum Gasteiger partial charge on any atom is 0.215 e. The number of hydrogen-bond donors (Lipinski definition) is 1. The largest absolute Gasteiger partial charge is 0.329 e. The van der Waals surface area contributed by atoms with E-state index in [1.54, 1.807) is 0 Å². The maximum absolute atomic E-state index is 11.6. The van der Waals surface area contributed by atoms with Crippen LogP contribution in [0.2, 0.25) is 0 Å². The summed E-state index contributed by atoms with van der Waals surface area (Å²) in [7, 11) is -1.72. The Hall–Kier alpha value is -0.980. The molecule has 0 amide bonds. The molecular formula is C10H17N3O2S. The van der Waals surface area contributed by atoms with E-state index in [4.69, 9.17) is 5.73 Å². The average molecular weight is 243 g/mol. The number of sulfonamides is 1. The SMILES string of the molecule is Cc1cccc(CN(C)S(=O)(=O)CCN)n1. The zero-order valence-corrected chi connectivity index (χ0v) is 10.4. The predicted molar refractivity (Wildman–Crippen MR) is 63.3 cm³/mol. The summed E-state index contributed by atoms with van der Waals surface area (Å²) in [4.78, 5) is 4.25. The molecule has 0 saturated heterocycles. The monoisotopic (exact) mass is 243 g/mol. The Morgan fingerprint density at radius 3 is 2.69 bits per heavy atom. The summed E-state index contributed by atoms with van der Waals surface area (Å²) >= 11 is 0. The van der Waals surface area contributed by atoms with Gasteiger partial charge in [0.1, 0.15) is 0 Å². The Morgan fingerprint density at radius 1 is 1.44 bits per heavy atom. The number of aromatic nitrogens is 1. The summed E-state index contributed by atoms with van der Waals surface area (Å²) in [6.45, 7) is 2.29. The van der Waals surface area contributed by atoms with Gasteiger partial charge >= 0.3 is 0 Å². The Kier molecular flexibility index (Phi) is 4.40. The van der Waals surface area contributed by atoms with E-state index in [-0.39, 0.29) is 18.8 Å². The van der Waals surface area contributed by atoms with Gasteiger partial charge in [-0.2, -0.15) is 4.31 Å². The quantitative estimate of drug-likeness (QED) is 0.796. The lowest BCUT2D eigenvalue weighted by Crippen LogP contribution is -2.31. The summed E-state index contributed by atoms with van der Waals surface area (Å²) < 4.78 is 24.6. The fourth-order valence-electron chi connectivity index (χ4n) is 1.32. The summed E-state index contributed by atoms with van der Waals surface area (Å²) in [5.41, 5.74) is 6.86. The molecule has 0 bridgehead atoms. The Labute approximate surface area is 96.3 Å². The van der Waals surface area contributed by atoms with Crippen LogP contribution >= 0.6 is 0 Å². The van der Waals surface area contributed by atoms with Crippen molar-refractivity contribution in [1.29, 1.82) is 0 Å².